The third-order valence-corrected chi connectivity index (χ3v) is 9.57. The summed E-state index contributed by atoms with van der Waals surface area (Å²) >= 11 is 0. The van der Waals surface area contributed by atoms with Crippen LogP contribution in [0.5, 0.6) is 0 Å². The summed E-state index contributed by atoms with van der Waals surface area (Å²) in [7, 11) is 1.54. The summed E-state index contributed by atoms with van der Waals surface area (Å²) in [4.78, 5) is 23.0. The molecule has 3 unspecified atom stereocenters. The molecule has 0 aromatic rings. The highest BCUT2D eigenvalue weighted by atomic mass is 31.2. The molecule has 3 N–H and O–H groups in total. The van der Waals surface area contributed by atoms with Gasteiger partial charge in [0.1, 0.15) is 13.2 Å². The maximum atomic E-state index is 12.8. The van der Waals surface area contributed by atoms with Gasteiger partial charge in [-0.05, 0) is 57.8 Å². The Morgan fingerprint density at radius 3 is 1.65 bits per heavy atom. The first-order valence-electron chi connectivity index (χ1n) is 19.9. The van der Waals surface area contributed by atoms with E-state index in [9.17, 15) is 19.4 Å². The lowest BCUT2D eigenvalue weighted by Crippen LogP contribution is -2.45. The van der Waals surface area contributed by atoms with Gasteiger partial charge in [0.2, 0.25) is 5.91 Å². The highest BCUT2D eigenvalue weighted by Gasteiger charge is 2.27. The van der Waals surface area contributed by atoms with Crippen molar-refractivity contribution in [2.45, 2.75) is 174 Å². The maximum Gasteiger partial charge on any atom is 0.472 e. The van der Waals surface area contributed by atoms with E-state index < -0.39 is 20.0 Å². The lowest BCUT2D eigenvalue weighted by Gasteiger charge is -2.25. The monoisotopic (exact) mass is 714 g/mol. The number of allylic oxidation sites excluding steroid dienone is 5. The second-order valence-corrected chi connectivity index (χ2v) is 16.1. The minimum absolute atomic E-state index is 0.0542. The van der Waals surface area contributed by atoms with Crippen molar-refractivity contribution in [1.29, 1.82) is 0 Å². The van der Waals surface area contributed by atoms with Crippen molar-refractivity contribution < 1.29 is 32.9 Å². The molecule has 0 radical (unpaired) electrons. The molecular formula is C40H78N2O6P+. The van der Waals surface area contributed by atoms with Crippen molar-refractivity contribution in [3.8, 4) is 0 Å². The molecule has 288 valence electrons. The largest absolute Gasteiger partial charge is 0.472 e. The first-order chi connectivity index (χ1) is 23.5. The normalized spacial score (nSPS) is 15.0. The van der Waals surface area contributed by atoms with Gasteiger partial charge in [-0.25, -0.2) is 4.57 Å². The quantitative estimate of drug-likeness (QED) is 0.0261. The van der Waals surface area contributed by atoms with Crippen LogP contribution in [0.15, 0.2) is 36.5 Å². The molecule has 8 nitrogen and oxygen atoms in total. The van der Waals surface area contributed by atoms with Crippen molar-refractivity contribution in [1.82, 2.24) is 5.32 Å². The van der Waals surface area contributed by atoms with E-state index in [1.807, 2.05) is 27.2 Å². The van der Waals surface area contributed by atoms with Gasteiger partial charge in [0, 0.05) is 6.42 Å². The fourth-order valence-electron chi connectivity index (χ4n) is 5.34. The molecular weight excluding hydrogens is 635 g/mol. The molecule has 0 aromatic heterocycles. The summed E-state index contributed by atoms with van der Waals surface area (Å²) in [6.45, 7) is 4.74. The second-order valence-electron chi connectivity index (χ2n) is 14.6. The van der Waals surface area contributed by atoms with Crippen LogP contribution in [0.4, 0.5) is 0 Å². The summed E-state index contributed by atoms with van der Waals surface area (Å²) < 4.78 is 23.4. The summed E-state index contributed by atoms with van der Waals surface area (Å²) in [5.74, 6) is -0.199. The van der Waals surface area contributed by atoms with Gasteiger partial charge in [0.15, 0.2) is 0 Å². The summed E-state index contributed by atoms with van der Waals surface area (Å²) in [5.41, 5.74) is 0. The Bertz CT molecular complexity index is 902. The second kappa shape index (κ2) is 32.6. The van der Waals surface area contributed by atoms with Crippen LogP contribution in [-0.2, 0) is 18.4 Å². The van der Waals surface area contributed by atoms with E-state index >= 15 is 0 Å². The molecule has 1 amide bonds. The number of amides is 1. The standard InChI is InChI=1S/C40H77N2O6P/c1-6-8-10-12-14-16-18-20-22-23-25-27-29-31-33-39(43)38(37-48-49(45,46)47-36-35-42(3,4)5)41-40(44)34-32-30-28-26-24-21-19-17-15-13-11-9-7-2/h17,19,23,25,31,33,38-39,43H,6-16,18,20-22,24,26-30,32,34-37H2,1-5H3,(H-,41,44,45,46)/p+1/b19-17-,25-23+,33-31+. The fraction of sp³-hybridized carbons (Fsp3) is 0.825. The summed E-state index contributed by atoms with van der Waals surface area (Å²) in [5, 5.41) is 13.7. The highest BCUT2D eigenvalue weighted by Crippen LogP contribution is 2.43. The van der Waals surface area contributed by atoms with Gasteiger partial charge in [0.25, 0.3) is 0 Å². The van der Waals surface area contributed by atoms with E-state index in [-0.39, 0.29) is 19.1 Å². The number of carbonyl (C=O) groups excluding carboxylic acids is 1. The maximum absolute atomic E-state index is 12.8. The Labute approximate surface area is 302 Å². The minimum Gasteiger partial charge on any atom is -0.387 e. The number of phosphoric ester groups is 1. The number of rotatable bonds is 35. The number of likely N-dealkylation sites (N-methyl/N-ethyl adjacent to an activating group) is 1. The van der Waals surface area contributed by atoms with Crippen LogP contribution in [0.2, 0.25) is 0 Å². The molecule has 0 rings (SSSR count). The van der Waals surface area contributed by atoms with Crippen LogP contribution >= 0.6 is 7.82 Å². The number of hydrogen-bond donors (Lipinski definition) is 3. The van der Waals surface area contributed by atoms with Gasteiger partial charge in [-0.1, -0.05) is 134 Å². The van der Waals surface area contributed by atoms with Gasteiger partial charge in [-0.3, -0.25) is 13.8 Å². The van der Waals surface area contributed by atoms with Crippen molar-refractivity contribution >= 4 is 13.7 Å². The Morgan fingerprint density at radius 2 is 1.12 bits per heavy atom. The number of nitrogens with zero attached hydrogens (tertiary/aromatic N) is 1. The SMILES string of the molecule is CCCCCC/C=C\CCCCCCCC(=O)NC(COP(=O)(O)OCC[N+](C)(C)C)C(O)/C=C/CC/C=C/CCCCCCCCCC. The predicted molar refractivity (Wildman–Crippen MR) is 208 cm³/mol. The Morgan fingerprint density at radius 1 is 0.673 bits per heavy atom. The van der Waals surface area contributed by atoms with Gasteiger partial charge in [0.05, 0.1) is 39.9 Å². The molecule has 0 saturated carbocycles. The van der Waals surface area contributed by atoms with E-state index in [1.54, 1.807) is 6.08 Å². The molecule has 0 aliphatic heterocycles. The molecule has 0 heterocycles. The molecule has 0 aromatic carbocycles. The molecule has 0 spiro atoms. The molecule has 3 atom stereocenters. The van der Waals surface area contributed by atoms with Crippen LogP contribution < -0.4 is 5.32 Å². The van der Waals surface area contributed by atoms with Crippen molar-refractivity contribution in [3.05, 3.63) is 36.5 Å². The molecule has 0 fully saturated rings. The fourth-order valence-corrected chi connectivity index (χ4v) is 6.08. The van der Waals surface area contributed by atoms with Crippen LogP contribution in [0.25, 0.3) is 0 Å². The number of carbonyl (C=O) groups is 1. The van der Waals surface area contributed by atoms with E-state index in [0.717, 1.165) is 51.4 Å². The average Bonchev–Trinajstić information content (AvgIpc) is 3.04. The van der Waals surface area contributed by atoms with Crippen molar-refractivity contribution in [3.63, 3.8) is 0 Å². The van der Waals surface area contributed by atoms with E-state index in [4.69, 9.17) is 9.05 Å². The first kappa shape index (κ1) is 47.7. The van der Waals surface area contributed by atoms with Gasteiger partial charge in [-0.2, -0.15) is 0 Å². The Hall–Kier alpha value is -1.28. The number of aliphatic hydroxyl groups is 1. The average molecular weight is 714 g/mol. The van der Waals surface area contributed by atoms with Crippen molar-refractivity contribution in [2.24, 2.45) is 0 Å². The first-order valence-corrected chi connectivity index (χ1v) is 21.4. The molecule has 0 saturated heterocycles. The number of unbranched alkanes of at least 4 members (excludes halogenated alkanes) is 18. The molecule has 0 aliphatic rings. The molecule has 49 heavy (non-hydrogen) atoms. The zero-order valence-corrected chi connectivity index (χ0v) is 33.3. The minimum atomic E-state index is -4.34. The summed E-state index contributed by atoms with van der Waals surface area (Å²) in [6.07, 6.45) is 37.8. The number of quaternary nitrogens is 1. The van der Waals surface area contributed by atoms with Crippen LogP contribution in [0.3, 0.4) is 0 Å². The van der Waals surface area contributed by atoms with Gasteiger partial charge >= 0.3 is 7.82 Å². The Kier molecular flexibility index (Phi) is 31.8. The lowest BCUT2D eigenvalue weighted by molar-refractivity contribution is -0.870. The number of aliphatic hydroxyl groups excluding tert-OH is 1. The number of hydrogen-bond acceptors (Lipinski definition) is 5. The third kappa shape index (κ3) is 34.9. The molecule has 0 aliphatic carbocycles. The van der Waals surface area contributed by atoms with Gasteiger partial charge < -0.3 is 19.8 Å². The van der Waals surface area contributed by atoms with Crippen LogP contribution in [-0.4, -0.2) is 73.4 Å². The highest BCUT2D eigenvalue weighted by molar-refractivity contribution is 7.47. The van der Waals surface area contributed by atoms with Crippen LogP contribution in [0.1, 0.15) is 162 Å². The molecule has 0 bridgehead atoms. The zero-order chi connectivity index (χ0) is 36.5. The smallest absolute Gasteiger partial charge is 0.387 e. The number of nitrogens with one attached hydrogen (secondary N) is 1. The predicted octanol–water partition coefficient (Wildman–Crippen LogP) is 10.4. The van der Waals surface area contributed by atoms with E-state index in [1.165, 1.54) is 89.9 Å². The third-order valence-electron chi connectivity index (χ3n) is 8.58. The van der Waals surface area contributed by atoms with E-state index in [0.29, 0.717) is 17.4 Å². The van der Waals surface area contributed by atoms with Crippen LogP contribution in [0, 0.1) is 0 Å². The van der Waals surface area contributed by atoms with Crippen molar-refractivity contribution in [2.75, 3.05) is 40.9 Å². The zero-order valence-electron chi connectivity index (χ0n) is 32.4. The van der Waals surface area contributed by atoms with E-state index in [2.05, 4.69) is 43.5 Å². The van der Waals surface area contributed by atoms with Gasteiger partial charge in [-0.15, -0.1) is 0 Å². The molecule has 9 heteroatoms. The lowest BCUT2D eigenvalue weighted by atomic mass is 10.1. The topological polar surface area (TPSA) is 105 Å². The Balaban J connectivity index is 4.59. The number of phosphoric acid groups is 1. The summed E-state index contributed by atoms with van der Waals surface area (Å²) in [6, 6.07) is -0.863.